The highest BCUT2D eigenvalue weighted by molar-refractivity contribution is 7.47. The third-order valence-electron chi connectivity index (χ3n) is 7.39. The number of phosphoric acid groups is 1. The largest absolute Gasteiger partial charge is 0.472 e. The number of carbonyl (C=O) groups excluding carboxylic acids is 2. The van der Waals surface area contributed by atoms with Crippen LogP contribution in [0.4, 0.5) is 0 Å². The molecule has 0 bridgehead atoms. The topological polar surface area (TPSA) is 134 Å². The Hall–Kier alpha value is -2.29. The van der Waals surface area contributed by atoms with Crippen LogP contribution in [0.25, 0.3) is 0 Å². The molecule has 0 spiro atoms. The fourth-order valence-electron chi connectivity index (χ4n) is 4.60. The molecule has 0 saturated heterocycles. The fraction of sp³-hybridized carbons (Fsp3) is 0.692. The van der Waals surface area contributed by atoms with E-state index in [9.17, 15) is 19.0 Å². The second-order valence-electron chi connectivity index (χ2n) is 12.1. The first-order valence-corrected chi connectivity index (χ1v) is 20.3. The van der Waals surface area contributed by atoms with Crippen LogP contribution in [0.2, 0.25) is 0 Å². The molecule has 0 fully saturated rings. The van der Waals surface area contributed by atoms with Gasteiger partial charge in [0.05, 0.1) is 13.2 Å². The van der Waals surface area contributed by atoms with Crippen LogP contribution in [0, 0.1) is 0 Å². The quantitative estimate of drug-likeness (QED) is 0.0290. The van der Waals surface area contributed by atoms with Crippen LogP contribution in [0.3, 0.4) is 0 Å². The number of phosphoric ester groups is 1. The van der Waals surface area contributed by atoms with Gasteiger partial charge in [-0.3, -0.25) is 18.6 Å². The van der Waals surface area contributed by atoms with Crippen molar-refractivity contribution in [1.29, 1.82) is 0 Å². The third kappa shape index (κ3) is 35.3. The highest BCUT2D eigenvalue weighted by Crippen LogP contribution is 2.43. The zero-order valence-electron chi connectivity index (χ0n) is 30.7. The third-order valence-corrected chi connectivity index (χ3v) is 8.37. The van der Waals surface area contributed by atoms with Gasteiger partial charge < -0.3 is 20.1 Å². The van der Waals surface area contributed by atoms with Gasteiger partial charge in [-0.25, -0.2) is 4.57 Å². The predicted molar refractivity (Wildman–Crippen MR) is 201 cm³/mol. The maximum atomic E-state index is 12.5. The molecule has 3 N–H and O–H groups in total. The number of hydrogen-bond acceptors (Lipinski definition) is 8. The Morgan fingerprint density at radius 1 is 0.633 bits per heavy atom. The molecule has 0 aromatic heterocycles. The summed E-state index contributed by atoms with van der Waals surface area (Å²) in [4.78, 5) is 34.7. The molecule has 0 radical (unpaired) electrons. The Labute approximate surface area is 298 Å². The molecule has 282 valence electrons. The molecule has 9 nitrogen and oxygen atoms in total. The van der Waals surface area contributed by atoms with Gasteiger partial charge in [-0.2, -0.15) is 0 Å². The van der Waals surface area contributed by atoms with E-state index in [2.05, 4.69) is 74.6 Å². The van der Waals surface area contributed by atoms with Crippen LogP contribution < -0.4 is 5.73 Å². The maximum absolute atomic E-state index is 12.5. The van der Waals surface area contributed by atoms with Gasteiger partial charge in [-0.05, 0) is 70.6 Å². The van der Waals surface area contributed by atoms with Crippen molar-refractivity contribution in [2.75, 3.05) is 26.4 Å². The molecular weight excluding hydrogens is 641 g/mol. The summed E-state index contributed by atoms with van der Waals surface area (Å²) in [7, 11) is -4.38. The van der Waals surface area contributed by atoms with Crippen LogP contribution in [0.5, 0.6) is 0 Å². The van der Waals surface area contributed by atoms with Crippen molar-refractivity contribution < 1.29 is 37.6 Å². The Balaban J connectivity index is 4.30. The van der Waals surface area contributed by atoms with Gasteiger partial charge in [0, 0.05) is 19.4 Å². The normalized spacial score (nSPS) is 14.1. The lowest BCUT2D eigenvalue weighted by molar-refractivity contribution is -0.161. The predicted octanol–water partition coefficient (Wildman–Crippen LogP) is 10.2. The minimum absolute atomic E-state index is 0.0451. The molecule has 0 rings (SSSR count). The van der Waals surface area contributed by atoms with E-state index in [0.717, 1.165) is 89.9 Å². The Morgan fingerprint density at radius 3 is 1.69 bits per heavy atom. The van der Waals surface area contributed by atoms with E-state index in [-0.39, 0.29) is 32.6 Å². The van der Waals surface area contributed by atoms with Crippen molar-refractivity contribution in [3.05, 3.63) is 60.8 Å². The summed E-state index contributed by atoms with van der Waals surface area (Å²) in [5.41, 5.74) is 5.32. The number of esters is 2. The summed E-state index contributed by atoms with van der Waals surface area (Å²) in [6.45, 7) is 3.51. The SMILES string of the molecule is CC/C=C\C/C=C\C/C=C\C/C=C\CCCCCCC(=O)O[C@H](COC(=O)CCCCCCC/C=C\CCCC)COP(=O)(O)OCCN. The molecule has 10 heteroatoms. The van der Waals surface area contributed by atoms with Crippen LogP contribution in [0.1, 0.15) is 142 Å². The first-order valence-electron chi connectivity index (χ1n) is 18.8. The van der Waals surface area contributed by atoms with Crippen molar-refractivity contribution in [1.82, 2.24) is 0 Å². The lowest BCUT2D eigenvalue weighted by Gasteiger charge is -2.19. The standard InChI is InChI=1S/C39H68NO8P/c1-3-5-7-9-11-13-15-16-17-18-19-20-22-24-26-28-30-32-39(42)48-37(36-47-49(43,44)46-34-33-40)35-45-38(41)31-29-27-25-23-21-14-12-10-8-6-4-2/h5,7,10-13,16-17,19-20,37H,3-4,6,8-9,14-15,18,21-36,40H2,1-2H3,(H,43,44)/b7-5-,12-10-,13-11-,17-16-,20-19-/t37-/m1/s1. The Bertz CT molecular complexity index is 992. The van der Waals surface area contributed by atoms with Crippen molar-refractivity contribution in [2.45, 2.75) is 148 Å². The first-order chi connectivity index (χ1) is 23.8. The van der Waals surface area contributed by atoms with Gasteiger partial charge in [0.1, 0.15) is 6.61 Å². The second-order valence-corrected chi connectivity index (χ2v) is 13.5. The van der Waals surface area contributed by atoms with Crippen molar-refractivity contribution in [3.8, 4) is 0 Å². The van der Waals surface area contributed by atoms with Gasteiger partial charge >= 0.3 is 19.8 Å². The van der Waals surface area contributed by atoms with Gasteiger partial charge in [-0.15, -0.1) is 0 Å². The summed E-state index contributed by atoms with van der Waals surface area (Å²) in [6.07, 6.45) is 39.7. The van der Waals surface area contributed by atoms with Crippen LogP contribution in [-0.2, 0) is 32.7 Å². The number of carbonyl (C=O) groups is 2. The average molecular weight is 710 g/mol. The molecule has 0 aromatic rings. The number of nitrogens with two attached hydrogens (primary N) is 1. The first kappa shape index (κ1) is 46.7. The minimum Gasteiger partial charge on any atom is -0.462 e. The van der Waals surface area contributed by atoms with E-state index in [1.54, 1.807) is 0 Å². The molecule has 49 heavy (non-hydrogen) atoms. The summed E-state index contributed by atoms with van der Waals surface area (Å²) in [5.74, 6) is -0.876. The summed E-state index contributed by atoms with van der Waals surface area (Å²) < 4.78 is 32.6. The highest BCUT2D eigenvalue weighted by atomic mass is 31.2. The van der Waals surface area contributed by atoms with Gasteiger partial charge in [-0.1, -0.05) is 120 Å². The van der Waals surface area contributed by atoms with E-state index in [0.29, 0.717) is 12.8 Å². The molecule has 0 amide bonds. The van der Waals surface area contributed by atoms with Gasteiger partial charge in [0.2, 0.25) is 0 Å². The molecular formula is C39H68NO8P. The number of hydrogen-bond donors (Lipinski definition) is 2. The lowest BCUT2D eigenvalue weighted by atomic mass is 10.1. The zero-order chi connectivity index (χ0) is 36.1. The molecule has 0 aromatic carbocycles. The van der Waals surface area contributed by atoms with E-state index >= 15 is 0 Å². The Kier molecular flexibility index (Phi) is 33.9. The van der Waals surface area contributed by atoms with Crippen LogP contribution in [0.15, 0.2) is 60.8 Å². The molecule has 1 unspecified atom stereocenters. The lowest BCUT2D eigenvalue weighted by Crippen LogP contribution is -2.29. The van der Waals surface area contributed by atoms with Crippen LogP contribution >= 0.6 is 7.82 Å². The monoisotopic (exact) mass is 709 g/mol. The molecule has 0 aliphatic heterocycles. The summed E-state index contributed by atoms with van der Waals surface area (Å²) >= 11 is 0. The minimum atomic E-state index is -4.38. The second kappa shape index (κ2) is 35.5. The number of rotatable bonds is 34. The number of allylic oxidation sites excluding steroid dienone is 10. The molecule has 0 aliphatic carbocycles. The van der Waals surface area contributed by atoms with Gasteiger partial charge in [0.15, 0.2) is 6.10 Å². The van der Waals surface area contributed by atoms with Crippen LogP contribution in [-0.4, -0.2) is 49.3 Å². The molecule has 0 aliphatic rings. The maximum Gasteiger partial charge on any atom is 0.472 e. The van der Waals surface area contributed by atoms with E-state index in [4.69, 9.17) is 24.3 Å². The highest BCUT2D eigenvalue weighted by Gasteiger charge is 2.25. The smallest absolute Gasteiger partial charge is 0.462 e. The number of unbranched alkanes of at least 4 members (excludes halogenated alkanes) is 11. The van der Waals surface area contributed by atoms with E-state index < -0.39 is 32.5 Å². The molecule has 0 heterocycles. The van der Waals surface area contributed by atoms with Gasteiger partial charge in [0.25, 0.3) is 0 Å². The van der Waals surface area contributed by atoms with Crippen molar-refractivity contribution >= 4 is 19.8 Å². The van der Waals surface area contributed by atoms with Crippen molar-refractivity contribution in [3.63, 3.8) is 0 Å². The van der Waals surface area contributed by atoms with E-state index in [1.807, 2.05) is 0 Å². The average Bonchev–Trinajstić information content (AvgIpc) is 3.08. The molecule has 0 saturated carbocycles. The zero-order valence-corrected chi connectivity index (χ0v) is 31.5. The molecule has 2 atom stereocenters. The Morgan fingerprint density at radius 2 is 1.12 bits per heavy atom. The number of ether oxygens (including phenoxy) is 2. The van der Waals surface area contributed by atoms with Crippen molar-refractivity contribution in [2.24, 2.45) is 5.73 Å². The fourth-order valence-corrected chi connectivity index (χ4v) is 5.37. The van der Waals surface area contributed by atoms with E-state index in [1.165, 1.54) is 12.8 Å². The summed E-state index contributed by atoms with van der Waals surface area (Å²) in [5, 5.41) is 0. The summed E-state index contributed by atoms with van der Waals surface area (Å²) in [6, 6.07) is 0.